The minimum Gasteiger partial charge on any atom is -0.325 e. The van der Waals surface area contributed by atoms with Crippen LogP contribution in [0.15, 0.2) is 12.7 Å². The van der Waals surface area contributed by atoms with Crippen molar-refractivity contribution in [2.24, 2.45) is 11.7 Å². The molecule has 0 aromatic carbocycles. The molecule has 2 N–H and O–H groups in total. The van der Waals surface area contributed by atoms with Crippen molar-refractivity contribution in [1.82, 2.24) is 0 Å². The third kappa shape index (κ3) is 12.7. The summed E-state index contributed by atoms with van der Waals surface area (Å²) in [5.41, 5.74) is 7.00. The minimum absolute atomic E-state index is 0.0420. The summed E-state index contributed by atoms with van der Waals surface area (Å²) in [5, 5.41) is 0. The van der Waals surface area contributed by atoms with Crippen molar-refractivity contribution in [2.45, 2.75) is 135 Å². The van der Waals surface area contributed by atoms with Gasteiger partial charge in [-0.05, 0) is 31.6 Å². The lowest BCUT2D eigenvalue weighted by Crippen LogP contribution is -2.47. The van der Waals surface area contributed by atoms with Gasteiger partial charge < -0.3 is 5.73 Å². The first-order valence-electron chi connectivity index (χ1n) is 11.5. The van der Waals surface area contributed by atoms with Crippen LogP contribution in [0.25, 0.3) is 0 Å². The molecule has 0 saturated heterocycles. The summed E-state index contributed by atoms with van der Waals surface area (Å²) in [7, 11) is 0. The van der Waals surface area contributed by atoms with E-state index in [1.165, 1.54) is 103 Å². The molecule has 1 nitrogen and oxygen atoms in total. The van der Waals surface area contributed by atoms with E-state index in [1.807, 2.05) is 0 Å². The molecule has 0 bridgehead atoms. The Morgan fingerprint density at radius 1 is 0.720 bits per heavy atom. The quantitative estimate of drug-likeness (QED) is 0.184. The Hall–Kier alpha value is -0.300. The molecule has 0 aliphatic heterocycles. The van der Waals surface area contributed by atoms with Crippen LogP contribution in [0.5, 0.6) is 0 Å². The molecule has 0 spiro atoms. The van der Waals surface area contributed by atoms with E-state index in [0.29, 0.717) is 5.92 Å². The van der Waals surface area contributed by atoms with Gasteiger partial charge in [-0.25, -0.2) is 0 Å². The highest BCUT2D eigenvalue weighted by Gasteiger charge is 2.32. The summed E-state index contributed by atoms with van der Waals surface area (Å²) < 4.78 is 0. The number of unbranched alkanes of at least 4 members (excludes halogenated alkanes) is 10. The number of hydrogen-bond acceptors (Lipinski definition) is 1. The largest absolute Gasteiger partial charge is 0.325 e. The van der Waals surface area contributed by atoms with Crippen molar-refractivity contribution in [3.63, 3.8) is 0 Å². The summed E-state index contributed by atoms with van der Waals surface area (Å²) in [6, 6.07) is 0. The van der Waals surface area contributed by atoms with E-state index in [2.05, 4.69) is 33.4 Å². The molecule has 0 aromatic rings. The van der Waals surface area contributed by atoms with Gasteiger partial charge in [-0.1, -0.05) is 110 Å². The van der Waals surface area contributed by atoms with Crippen LogP contribution in [-0.4, -0.2) is 5.54 Å². The van der Waals surface area contributed by atoms with Gasteiger partial charge in [0.15, 0.2) is 0 Å². The lowest BCUT2D eigenvalue weighted by molar-refractivity contribution is 0.208. The molecule has 25 heavy (non-hydrogen) atoms. The molecular formula is C24H49N. The number of nitrogens with two attached hydrogens (primary N) is 1. The van der Waals surface area contributed by atoms with Crippen molar-refractivity contribution in [3.8, 4) is 0 Å². The summed E-state index contributed by atoms with van der Waals surface area (Å²) >= 11 is 0. The Morgan fingerprint density at radius 3 is 1.60 bits per heavy atom. The van der Waals surface area contributed by atoms with Crippen LogP contribution >= 0.6 is 0 Å². The topological polar surface area (TPSA) is 26.0 Å². The SMILES string of the molecule is C=CCC(CCCCCCCCCCC)C(N)(CCCC)CCCC. The van der Waals surface area contributed by atoms with Crippen molar-refractivity contribution in [3.05, 3.63) is 12.7 Å². The summed E-state index contributed by atoms with van der Waals surface area (Å²) in [5.74, 6) is 0.632. The Morgan fingerprint density at radius 2 is 1.16 bits per heavy atom. The molecule has 0 heterocycles. The first-order valence-corrected chi connectivity index (χ1v) is 11.5. The maximum absolute atomic E-state index is 6.96. The van der Waals surface area contributed by atoms with Crippen molar-refractivity contribution >= 4 is 0 Å². The van der Waals surface area contributed by atoms with Crippen LogP contribution in [0.4, 0.5) is 0 Å². The summed E-state index contributed by atoms with van der Waals surface area (Å²) in [6.45, 7) is 10.9. The van der Waals surface area contributed by atoms with E-state index in [4.69, 9.17) is 5.73 Å². The second-order valence-corrected chi connectivity index (χ2v) is 8.28. The lowest BCUT2D eigenvalue weighted by atomic mass is 9.73. The van der Waals surface area contributed by atoms with Gasteiger partial charge in [0.1, 0.15) is 0 Å². The van der Waals surface area contributed by atoms with Crippen LogP contribution in [0.3, 0.4) is 0 Å². The van der Waals surface area contributed by atoms with Crippen LogP contribution in [-0.2, 0) is 0 Å². The van der Waals surface area contributed by atoms with E-state index in [-0.39, 0.29) is 5.54 Å². The maximum Gasteiger partial charge on any atom is 0.0185 e. The van der Waals surface area contributed by atoms with E-state index in [1.54, 1.807) is 0 Å². The van der Waals surface area contributed by atoms with Crippen LogP contribution < -0.4 is 5.73 Å². The van der Waals surface area contributed by atoms with E-state index in [0.717, 1.165) is 6.42 Å². The second kappa shape index (κ2) is 17.1. The first-order chi connectivity index (χ1) is 12.1. The molecule has 0 fully saturated rings. The predicted molar refractivity (Wildman–Crippen MR) is 116 cm³/mol. The smallest absolute Gasteiger partial charge is 0.0185 e. The Kier molecular flexibility index (Phi) is 16.9. The summed E-state index contributed by atoms with van der Waals surface area (Å²) in [4.78, 5) is 0. The highest BCUT2D eigenvalue weighted by molar-refractivity contribution is 4.94. The van der Waals surface area contributed by atoms with Gasteiger partial charge in [0.05, 0.1) is 0 Å². The van der Waals surface area contributed by atoms with Gasteiger partial charge in [-0.2, -0.15) is 0 Å². The molecule has 0 radical (unpaired) electrons. The van der Waals surface area contributed by atoms with E-state index in [9.17, 15) is 0 Å². The van der Waals surface area contributed by atoms with Crippen LogP contribution in [0.2, 0.25) is 0 Å². The van der Waals surface area contributed by atoms with Gasteiger partial charge in [-0.3, -0.25) is 0 Å². The van der Waals surface area contributed by atoms with Gasteiger partial charge in [0.25, 0.3) is 0 Å². The molecule has 1 heteroatoms. The second-order valence-electron chi connectivity index (χ2n) is 8.28. The third-order valence-corrected chi connectivity index (χ3v) is 5.91. The average Bonchev–Trinajstić information content (AvgIpc) is 2.62. The predicted octanol–water partition coefficient (Wildman–Crippen LogP) is 8.18. The lowest BCUT2D eigenvalue weighted by Gasteiger charge is -2.38. The molecule has 0 aromatic heterocycles. The van der Waals surface area contributed by atoms with Gasteiger partial charge in [0.2, 0.25) is 0 Å². The van der Waals surface area contributed by atoms with Crippen LogP contribution in [0, 0.1) is 5.92 Å². The van der Waals surface area contributed by atoms with Crippen molar-refractivity contribution in [2.75, 3.05) is 0 Å². The molecule has 0 saturated carbocycles. The zero-order valence-corrected chi connectivity index (χ0v) is 18.0. The Labute approximate surface area is 160 Å². The van der Waals surface area contributed by atoms with E-state index < -0.39 is 0 Å². The number of hydrogen-bond donors (Lipinski definition) is 1. The molecule has 0 rings (SSSR count). The Bertz CT molecular complexity index is 276. The van der Waals surface area contributed by atoms with Gasteiger partial charge in [-0.15, -0.1) is 6.58 Å². The molecule has 0 aliphatic rings. The van der Waals surface area contributed by atoms with Gasteiger partial charge in [0, 0.05) is 5.54 Å². The third-order valence-electron chi connectivity index (χ3n) is 5.91. The standard InChI is InChI=1S/C24H49N/c1-5-9-12-13-14-15-16-17-18-20-23(19-8-4)24(25,21-10-6-2)22-11-7-3/h8,23H,4-7,9-22,25H2,1-3H3. The number of rotatable bonds is 19. The zero-order valence-electron chi connectivity index (χ0n) is 18.0. The normalized spacial score (nSPS) is 13.1. The van der Waals surface area contributed by atoms with E-state index >= 15 is 0 Å². The summed E-state index contributed by atoms with van der Waals surface area (Å²) in [6.07, 6.45) is 24.6. The fourth-order valence-electron chi connectivity index (χ4n) is 4.09. The first kappa shape index (κ1) is 24.7. The monoisotopic (exact) mass is 351 g/mol. The molecule has 150 valence electrons. The van der Waals surface area contributed by atoms with Gasteiger partial charge >= 0.3 is 0 Å². The van der Waals surface area contributed by atoms with Crippen molar-refractivity contribution < 1.29 is 0 Å². The molecule has 1 atom stereocenters. The zero-order chi connectivity index (χ0) is 18.8. The minimum atomic E-state index is 0.0420. The Balaban J connectivity index is 4.19. The highest BCUT2D eigenvalue weighted by atomic mass is 14.8. The maximum atomic E-state index is 6.96. The highest BCUT2D eigenvalue weighted by Crippen LogP contribution is 2.33. The molecule has 0 amide bonds. The fourth-order valence-corrected chi connectivity index (χ4v) is 4.09. The molecular weight excluding hydrogens is 302 g/mol. The van der Waals surface area contributed by atoms with Crippen molar-refractivity contribution in [1.29, 1.82) is 0 Å². The average molecular weight is 352 g/mol. The fraction of sp³-hybridized carbons (Fsp3) is 0.917. The number of allylic oxidation sites excluding steroid dienone is 1. The van der Waals surface area contributed by atoms with Crippen LogP contribution in [0.1, 0.15) is 130 Å². The molecule has 1 unspecified atom stereocenters. The molecule has 0 aliphatic carbocycles.